The van der Waals surface area contributed by atoms with Crippen molar-refractivity contribution in [3.63, 3.8) is 0 Å². The first-order valence-electron chi connectivity index (χ1n) is 10.6. The number of hydrogen-bond acceptors (Lipinski definition) is 7. The molecule has 0 unspecified atom stereocenters. The highest BCUT2D eigenvalue weighted by Crippen LogP contribution is 2.30. The molecule has 172 valence electrons. The Morgan fingerprint density at radius 1 is 1.19 bits per heavy atom. The zero-order valence-corrected chi connectivity index (χ0v) is 19.0. The van der Waals surface area contributed by atoms with E-state index in [1.54, 1.807) is 0 Å². The van der Waals surface area contributed by atoms with E-state index in [0.717, 1.165) is 36.6 Å². The molecule has 0 spiro atoms. The Hall–Kier alpha value is -2.98. The maximum absolute atomic E-state index is 12.7. The Balaban J connectivity index is 1.68. The van der Waals surface area contributed by atoms with Crippen LogP contribution in [0, 0.1) is 16.0 Å². The van der Waals surface area contributed by atoms with Crippen LogP contribution in [0.15, 0.2) is 52.5 Å². The molecule has 0 amide bonds. The van der Waals surface area contributed by atoms with Gasteiger partial charge in [0.05, 0.1) is 22.6 Å². The van der Waals surface area contributed by atoms with Gasteiger partial charge in [-0.15, -0.1) is 0 Å². The second-order valence-corrected chi connectivity index (χ2v) is 9.96. The van der Waals surface area contributed by atoms with Gasteiger partial charge in [-0.05, 0) is 67.1 Å². The van der Waals surface area contributed by atoms with Gasteiger partial charge in [0.15, 0.2) is 0 Å². The van der Waals surface area contributed by atoms with Crippen LogP contribution in [-0.2, 0) is 10.0 Å². The number of nitro benzene ring substituents is 1. The van der Waals surface area contributed by atoms with Crippen molar-refractivity contribution in [1.29, 1.82) is 0 Å². The summed E-state index contributed by atoms with van der Waals surface area (Å²) < 4.78 is 32.4. The van der Waals surface area contributed by atoms with Crippen LogP contribution in [0.5, 0.6) is 5.75 Å². The molecular formula is C22H28N4O5S. The lowest BCUT2D eigenvalue weighted by Gasteiger charge is -2.15. The van der Waals surface area contributed by atoms with E-state index in [4.69, 9.17) is 4.74 Å². The fourth-order valence-corrected chi connectivity index (χ4v) is 4.77. The van der Waals surface area contributed by atoms with Crippen LogP contribution in [0.1, 0.15) is 38.7 Å². The first kappa shape index (κ1) is 23.7. The Kier molecular flexibility index (Phi) is 7.81. The van der Waals surface area contributed by atoms with Crippen molar-refractivity contribution in [2.75, 3.05) is 25.1 Å². The molecule has 1 fully saturated rings. The summed E-state index contributed by atoms with van der Waals surface area (Å²) in [5.74, 6) is 1.34. The smallest absolute Gasteiger partial charge is 0.295 e. The monoisotopic (exact) mass is 460 g/mol. The molecule has 10 heteroatoms. The van der Waals surface area contributed by atoms with E-state index in [-0.39, 0.29) is 16.3 Å². The average Bonchev–Trinajstić information content (AvgIpc) is 3.30. The van der Waals surface area contributed by atoms with E-state index in [0.29, 0.717) is 25.6 Å². The van der Waals surface area contributed by atoms with Crippen LogP contribution in [-0.4, -0.2) is 43.6 Å². The van der Waals surface area contributed by atoms with Gasteiger partial charge in [0.1, 0.15) is 11.4 Å². The second-order valence-electron chi connectivity index (χ2n) is 8.02. The molecule has 1 N–H and O–H groups in total. The summed E-state index contributed by atoms with van der Waals surface area (Å²) in [4.78, 5) is 10.8. The van der Waals surface area contributed by atoms with Gasteiger partial charge < -0.3 is 4.74 Å². The average molecular weight is 461 g/mol. The second kappa shape index (κ2) is 10.6. The minimum atomic E-state index is -3.74. The first-order chi connectivity index (χ1) is 15.3. The number of hydrazone groups is 1. The van der Waals surface area contributed by atoms with Crippen molar-refractivity contribution < 1.29 is 18.1 Å². The number of ether oxygens (including phenoxy) is 1. The molecule has 9 nitrogen and oxygen atoms in total. The van der Waals surface area contributed by atoms with Gasteiger partial charge >= 0.3 is 0 Å². The molecule has 1 aliphatic heterocycles. The third-order valence-electron chi connectivity index (χ3n) is 5.11. The minimum absolute atomic E-state index is 0.0892. The van der Waals surface area contributed by atoms with E-state index in [9.17, 15) is 18.5 Å². The van der Waals surface area contributed by atoms with E-state index in [1.165, 1.54) is 22.7 Å². The Morgan fingerprint density at radius 3 is 2.50 bits per heavy atom. The number of rotatable bonds is 10. The van der Waals surface area contributed by atoms with Crippen molar-refractivity contribution in [2.24, 2.45) is 11.0 Å². The molecule has 0 radical (unpaired) electrons. The molecule has 1 heterocycles. The van der Waals surface area contributed by atoms with Crippen molar-refractivity contribution in [3.8, 4) is 5.75 Å². The molecule has 0 aliphatic carbocycles. The summed E-state index contributed by atoms with van der Waals surface area (Å²) in [5.41, 5.74) is 3.18. The predicted molar refractivity (Wildman–Crippen MR) is 124 cm³/mol. The molecule has 0 atom stereocenters. The zero-order chi connectivity index (χ0) is 23.1. The molecule has 0 aromatic heterocycles. The Morgan fingerprint density at radius 2 is 1.88 bits per heavy atom. The number of nitrogens with one attached hydrogen (secondary N) is 1. The maximum atomic E-state index is 12.7. The largest absolute Gasteiger partial charge is 0.494 e. The lowest BCUT2D eigenvalue weighted by atomic mass is 10.1. The molecule has 3 rings (SSSR count). The molecular weight excluding hydrogens is 432 g/mol. The van der Waals surface area contributed by atoms with Crippen LogP contribution < -0.4 is 10.2 Å². The number of benzene rings is 2. The van der Waals surface area contributed by atoms with Crippen LogP contribution in [0.2, 0.25) is 0 Å². The summed E-state index contributed by atoms with van der Waals surface area (Å²) in [7, 11) is -3.74. The maximum Gasteiger partial charge on any atom is 0.295 e. The van der Waals surface area contributed by atoms with Gasteiger partial charge in [0.25, 0.3) is 5.69 Å². The fraction of sp³-hybridized carbons (Fsp3) is 0.409. The van der Waals surface area contributed by atoms with Crippen LogP contribution >= 0.6 is 0 Å². The van der Waals surface area contributed by atoms with Gasteiger partial charge in [-0.25, -0.2) is 8.42 Å². The van der Waals surface area contributed by atoms with E-state index in [2.05, 4.69) is 24.4 Å². The third-order valence-corrected chi connectivity index (χ3v) is 7.01. The van der Waals surface area contributed by atoms with Crippen molar-refractivity contribution >= 4 is 27.6 Å². The summed E-state index contributed by atoms with van der Waals surface area (Å²) in [5, 5.41) is 15.6. The van der Waals surface area contributed by atoms with Crippen molar-refractivity contribution in [2.45, 2.75) is 38.0 Å². The topological polar surface area (TPSA) is 114 Å². The first-order valence-corrected chi connectivity index (χ1v) is 12.0. The number of hydrogen-bond donors (Lipinski definition) is 1. The summed E-state index contributed by atoms with van der Waals surface area (Å²) in [6.07, 6.45) is 4.09. The summed E-state index contributed by atoms with van der Waals surface area (Å²) >= 11 is 0. The molecule has 0 bridgehead atoms. The normalized spacial score (nSPS) is 14.8. The number of sulfonamides is 1. The molecule has 2 aromatic carbocycles. The van der Waals surface area contributed by atoms with E-state index in [1.807, 2.05) is 24.3 Å². The predicted octanol–water partition coefficient (Wildman–Crippen LogP) is 4.25. The number of nitrogens with zero attached hydrogens (tertiary/aromatic N) is 3. The molecule has 0 saturated carbocycles. The van der Waals surface area contributed by atoms with Crippen molar-refractivity contribution in [3.05, 3.63) is 58.1 Å². The standard InChI is InChI=1S/C22H28N4O5S/c1-17(2)11-14-31-19-7-5-18(6-8-19)16-23-24-21-10-9-20(15-22(21)26(27)28)32(29,30)25-12-3-4-13-25/h5-10,15-17,24H,3-4,11-14H2,1-2H3. The van der Waals surface area contributed by atoms with Gasteiger partial charge in [-0.2, -0.15) is 9.41 Å². The molecule has 1 aliphatic rings. The van der Waals surface area contributed by atoms with Gasteiger partial charge in [-0.1, -0.05) is 13.8 Å². The summed E-state index contributed by atoms with van der Waals surface area (Å²) in [6.45, 7) is 5.80. The Bertz CT molecular complexity index is 1060. The Labute approximate surface area is 188 Å². The molecule has 1 saturated heterocycles. The van der Waals surface area contributed by atoms with Crippen LogP contribution in [0.3, 0.4) is 0 Å². The van der Waals surface area contributed by atoms with Crippen LogP contribution in [0.4, 0.5) is 11.4 Å². The van der Waals surface area contributed by atoms with Crippen LogP contribution in [0.25, 0.3) is 0 Å². The van der Waals surface area contributed by atoms with E-state index < -0.39 is 14.9 Å². The number of anilines is 1. The molecule has 32 heavy (non-hydrogen) atoms. The lowest BCUT2D eigenvalue weighted by molar-refractivity contribution is -0.384. The summed E-state index contributed by atoms with van der Waals surface area (Å²) in [6, 6.07) is 11.1. The minimum Gasteiger partial charge on any atom is -0.494 e. The van der Waals surface area contributed by atoms with Crippen molar-refractivity contribution in [1.82, 2.24) is 4.31 Å². The fourth-order valence-electron chi connectivity index (χ4n) is 3.23. The molecule has 2 aromatic rings. The third kappa shape index (κ3) is 6.04. The van der Waals surface area contributed by atoms with E-state index >= 15 is 0 Å². The van der Waals surface area contributed by atoms with Gasteiger partial charge in [0.2, 0.25) is 10.0 Å². The SMILES string of the molecule is CC(C)CCOc1ccc(C=NNc2ccc(S(=O)(=O)N3CCCC3)cc2[N+](=O)[O-])cc1. The highest BCUT2D eigenvalue weighted by atomic mass is 32.2. The zero-order valence-electron chi connectivity index (χ0n) is 18.2. The highest BCUT2D eigenvalue weighted by Gasteiger charge is 2.29. The highest BCUT2D eigenvalue weighted by molar-refractivity contribution is 7.89. The van der Waals surface area contributed by atoms with Gasteiger partial charge in [0, 0.05) is 19.2 Å². The lowest BCUT2D eigenvalue weighted by Crippen LogP contribution is -2.27. The quantitative estimate of drug-likeness (QED) is 0.322. The van der Waals surface area contributed by atoms with Gasteiger partial charge in [-0.3, -0.25) is 15.5 Å². The number of nitro groups is 1.